The molecule has 0 saturated heterocycles. The van der Waals surface area contributed by atoms with Gasteiger partial charge in [-0.1, -0.05) is 20.8 Å². The number of ether oxygens (including phenoxy) is 1. The lowest BCUT2D eigenvalue weighted by atomic mass is 9.93. The molecule has 1 aromatic carbocycles. The molecule has 1 rings (SSSR count). The van der Waals surface area contributed by atoms with E-state index in [1.54, 1.807) is 0 Å². The number of halogens is 2. The molecule has 0 spiro atoms. The van der Waals surface area contributed by atoms with Gasteiger partial charge in [0.25, 0.3) is 14.7 Å². The Morgan fingerprint density at radius 1 is 1.38 bits per heavy atom. The van der Waals surface area contributed by atoms with Gasteiger partial charge < -0.3 is 4.74 Å². The first-order valence-corrected chi connectivity index (χ1v) is 8.28. The normalized spacial score (nSPS) is 12.2. The second-order valence-corrected chi connectivity index (χ2v) is 8.14. The van der Waals surface area contributed by atoms with Crippen LogP contribution in [0.3, 0.4) is 0 Å². The predicted molar refractivity (Wildman–Crippen MR) is 75.7 cm³/mol. The van der Waals surface area contributed by atoms with Crippen molar-refractivity contribution in [1.82, 2.24) is 0 Å². The van der Waals surface area contributed by atoms with E-state index in [1.165, 1.54) is 0 Å². The van der Waals surface area contributed by atoms with Crippen LogP contribution in [0.4, 0.5) is 10.1 Å². The molecule has 0 amide bonds. The quantitative estimate of drug-likeness (QED) is 0.465. The topological polar surface area (TPSA) is 86.5 Å². The SMILES string of the molecule is CC(C)(C)CCOc1c(F)cc([N+](=O)[O-])cc1S(=O)(=O)Cl. The zero-order chi connectivity index (χ0) is 16.4. The van der Waals surface area contributed by atoms with E-state index in [1.807, 2.05) is 20.8 Å². The summed E-state index contributed by atoms with van der Waals surface area (Å²) in [6, 6.07) is 1.27. The molecule has 1 aromatic rings. The molecule has 0 atom stereocenters. The van der Waals surface area contributed by atoms with Crippen LogP contribution in [0.25, 0.3) is 0 Å². The van der Waals surface area contributed by atoms with Gasteiger partial charge in [0.05, 0.1) is 17.6 Å². The fourth-order valence-electron chi connectivity index (χ4n) is 1.44. The minimum absolute atomic E-state index is 0.0532. The van der Waals surface area contributed by atoms with Gasteiger partial charge in [0.2, 0.25) is 0 Å². The van der Waals surface area contributed by atoms with Crippen LogP contribution in [-0.4, -0.2) is 19.9 Å². The first-order chi connectivity index (χ1) is 9.42. The standard InChI is InChI=1S/C12H15ClFNO5S/c1-12(2,3)4-5-20-11-9(14)6-8(15(16)17)7-10(11)21(13,18)19/h6-7H,4-5H2,1-3H3. The van der Waals surface area contributed by atoms with E-state index in [-0.39, 0.29) is 12.0 Å². The number of hydrogen-bond acceptors (Lipinski definition) is 5. The van der Waals surface area contributed by atoms with E-state index < -0.39 is 36.1 Å². The van der Waals surface area contributed by atoms with Gasteiger partial charge in [-0.05, 0) is 11.8 Å². The molecule has 0 heterocycles. The molecule has 0 aliphatic heterocycles. The molecule has 0 aromatic heterocycles. The molecule has 0 fully saturated rings. The number of rotatable bonds is 5. The van der Waals surface area contributed by atoms with Gasteiger partial charge >= 0.3 is 0 Å². The second-order valence-electron chi connectivity index (χ2n) is 5.61. The monoisotopic (exact) mass is 339 g/mol. The van der Waals surface area contributed by atoms with E-state index in [0.29, 0.717) is 18.6 Å². The molecule has 0 aliphatic rings. The summed E-state index contributed by atoms with van der Waals surface area (Å²) in [4.78, 5) is 8.99. The van der Waals surface area contributed by atoms with Gasteiger partial charge in [-0.3, -0.25) is 10.1 Å². The molecular weight excluding hydrogens is 325 g/mol. The van der Waals surface area contributed by atoms with Gasteiger partial charge in [-0.2, -0.15) is 0 Å². The van der Waals surface area contributed by atoms with Crippen molar-refractivity contribution in [2.75, 3.05) is 6.61 Å². The van der Waals surface area contributed by atoms with Crippen molar-refractivity contribution in [3.05, 3.63) is 28.1 Å². The zero-order valence-electron chi connectivity index (χ0n) is 11.7. The highest BCUT2D eigenvalue weighted by molar-refractivity contribution is 8.13. The molecule has 21 heavy (non-hydrogen) atoms. The molecule has 9 heteroatoms. The van der Waals surface area contributed by atoms with Crippen LogP contribution in [-0.2, 0) is 9.05 Å². The summed E-state index contributed by atoms with van der Waals surface area (Å²) in [5.74, 6) is -1.74. The fourth-order valence-corrected chi connectivity index (χ4v) is 2.42. The van der Waals surface area contributed by atoms with Gasteiger partial charge in [0, 0.05) is 16.7 Å². The third-order valence-electron chi connectivity index (χ3n) is 2.57. The molecule has 0 N–H and O–H groups in total. The van der Waals surface area contributed by atoms with Crippen molar-refractivity contribution in [3.63, 3.8) is 0 Å². The Hall–Kier alpha value is -1.41. The number of nitrogens with zero attached hydrogens (tertiary/aromatic N) is 1. The molecular formula is C12H15ClFNO5S. The molecule has 0 saturated carbocycles. The number of hydrogen-bond donors (Lipinski definition) is 0. The maximum atomic E-state index is 13.9. The van der Waals surface area contributed by atoms with Crippen LogP contribution in [0, 0.1) is 21.3 Å². The zero-order valence-corrected chi connectivity index (χ0v) is 13.3. The van der Waals surface area contributed by atoms with Gasteiger partial charge in [-0.25, -0.2) is 12.8 Å². The van der Waals surface area contributed by atoms with Gasteiger partial charge in [0.15, 0.2) is 11.6 Å². The Morgan fingerprint density at radius 3 is 2.38 bits per heavy atom. The van der Waals surface area contributed by atoms with Gasteiger partial charge in [0.1, 0.15) is 4.90 Å². The minimum atomic E-state index is -4.38. The lowest BCUT2D eigenvalue weighted by molar-refractivity contribution is -0.385. The Kier molecular flexibility index (Phi) is 5.16. The van der Waals surface area contributed by atoms with Crippen LogP contribution in [0.1, 0.15) is 27.2 Å². The highest BCUT2D eigenvalue weighted by Crippen LogP contribution is 2.34. The number of nitro groups is 1. The minimum Gasteiger partial charge on any atom is -0.489 e. The molecule has 0 aliphatic carbocycles. The van der Waals surface area contributed by atoms with E-state index in [0.717, 1.165) is 0 Å². The highest BCUT2D eigenvalue weighted by Gasteiger charge is 2.26. The summed E-state index contributed by atoms with van der Waals surface area (Å²) < 4.78 is 41.9. The largest absolute Gasteiger partial charge is 0.489 e. The highest BCUT2D eigenvalue weighted by atomic mass is 35.7. The average molecular weight is 340 g/mol. The lowest BCUT2D eigenvalue weighted by Crippen LogP contribution is -2.13. The smallest absolute Gasteiger partial charge is 0.273 e. The second kappa shape index (κ2) is 6.15. The number of benzene rings is 1. The third kappa shape index (κ3) is 5.13. The van der Waals surface area contributed by atoms with Crippen molar-refractivity contribution in [1.29, 1.82) is 0 Å². The van der Waals surface area contributed by atoms with E-state index in [2.05, 4.69) is 0 Å². The molecule has 6 nitrogen and oxygen atoms in total. The predicted octanol–water partition coefficient (Wildman–Crippen LogP) is 3.48. The van der Waals surface area contributed by atoms with Crippen molar-refractivity contribution < 1.29 is 22.5 Å². The first-order valence-electron chi connectivity index (χ1n) is 5.97. The Labute approximate surface area is 126 Å². The van der Waals surface area contributed by atoms with Crippen LogP contribution in [0.5, 0.6) is 5.75 Å². The maximum absolute atomic E-state index is 13.9. The Bertz CT molecular complexity index is 654. The van der Waals surface area contributed by atoms with Crippen molar-refractivity contribution in [3.8, 4) is 5.75 Å². The van der Waals surface area contributed by atoms with Crippen molar-refractivity contribution in [2.24, 2.45) is 5.41 Å². The Morgan fingerprint density at radius 2 is 1.95 bits per heavy atom. The molecule has 118 valence electrons. The van der Waals surface area contributed by atoms with E-state index in [4.69, 9.17) is 15.4 Å². The first kappa shape index (κ1) is 17.6. The van der Waals surface area contributed by atoms with Crippen LogP contribution >= 0.6 is 10.7 Å². The fraction of sp³-hybridized carbons (Fsp3) is 0.500. The van der Waals surface area contributed by atoms with Crippen LogP contribution in [0.15, 0.2) is 17.0 Å². The summed E-state index contributed by atoms with van der Waals surface area (Å²) in [7, 11) is 0.809. The maximum Gasteiger partial charge on any atom is 0.273 e. The summed E-state index contributed by atoms with van der Waals surface area (Å²) >= 11 is 0. The van der Waals surface area contributed by atoms with E-state index in [9.17, 15) is 22.9 Å². The van der Waals surface area contributed by atoms with E-state index >= 15 is 0 Å². The summed E-state index contributed by atoms with van der Waals surface area (Å²) in [6.45, 7) is 5.85. The molecule has 0 unspecified atom stereocenters. The van der Waals surface area contributed by atoms with Crippen LogP contribution < -0.4 is 4.74 Å². The molecule has 0 radical (unpaired) electrons. The van der Waals surface area contributed by atoms with Crippen molar-refractivity contribution in [2.45, 2.75) is 32.1 Å². The summed E-state index contributed by atoms with van der Waals surface area (Å²) in [6.07, 6.45) is 0.533. The van der Waals surface area contributed by atoms with Crippen molar-refractivity contribution >= 4 is 25.4 Å². The average Bonchev–Trinajstić information content (AvgIpc) is 2.27. The van der Waals surface area contributed by atoms with Gasteiger partial charge in [-0.15, -0.1) is 0 Å². The molecule has 0 bridgehead atoms. The summed E-state index contributed by atoms with van der Waals surface area (Å²) in [5.41, 5.74) is -0.813. The number of nitro benzene ring substituents is 1. The summed E-state index contributed by atoms with van der Waals surface area (Å²) in [5, 5.41) is 10.6. The third-order valence-corrected chi connectivity index (χ3v) is 3.89. The lowest BCUT2D eigenvalue weighted by Gasteiger charge is -2.18. The number of non-ortho nitro benzene ring substituents is 1. The Balaban J connectivity index is 3.21. The van der Waals surface area contributed by atoms with Crippen LogP contribution in [0.2, 0.25) is 0 Å².